The molecule has 0 spiro atoms. The molecule has 29 heavy (non-hydrogen) atoms. The van der Waals surface area contributed by atoms with Crippen molar-refractivity contribution in [1.29, 1.82) is 0 Å². The lowest BCUT2D eigenvalue weighted by atomic mass is 10.2. The summed E-state index contributed by atoms with van der Waals surface area (Å²) in [7, 11) is -3.69. The van der Waals surface area contributed by atoms with Gasteiger partial charge in [0.05, 0.1) is 6.61 Å². The van der Waals surface area contributed by atoms with Crippen LogP contribution in [0.3, 0.4) is 0 Å². The second-order valence-corrected chi connectivity index (χ2v) is 8.67. The van der Waals surface area contributed by atoms with E-state index in [0.717, 1.165) is 12.8 Å². The zero-order valence-corrected chi connectivity index (χ0v) is 17.4. The molecule has 156 valence electrons. The Morgan fingerprint density at radius 2 is 1.83 bits per heavy atom. The third-order valence-electron chi connectivity index (χ3n) is 4.62. The lowest BCUT2D eigenvalue weighted by molar-refractivity contribution is -0.122. The Morgan fingerprint density at radius 1 is 1.14 bits per heavy atom. The molecule has 1 saturated heterocycles. The lowest BCUT2D eigenvalue weighted by Gasteiger charge is -2.20. The normalized spacial score (nSPS) is 15.7. The van der Waals surface area contributed by atoms with Crippen LogP contribution in [-0.2, 0) is 14.8 Å². The summed E-state index contributed by atoms with van der Waals surface area (Å²) in [5.41, 5.74) is 0.375. The van der Waals surface area contributed by atoms with E-state index in [1.807, 2.05) is 18.2 Å². The van der Waals surface area contributed by atoms with Crippen molar-refractivity contribution in [2.45, 2.75) is 37.7 Å². The molecule has 1 atom stereocenters. The van der Waals surface area contributed by atoms with Crippen molar-refractivity contribution in [3.8, 4) is 11.5 Å². The summed E-state index contributed by atoms with van der Waals surface area (Å²) in [6.45, 7) is 4.76. The van der Waals surface area contributed by atoms with Gasteiger partial charge in [0.2, 0.25) is 10.0 Å². The van der Waals surface area contributed by atoms with Crippen LogP contribution < -0.4 is 14.8 Å². The third-order valence-corrected chi connectivity index (χ3v) is 6.54. The summed E-state index contributed by atoms with van der Waals surface area (Å²) < 4.78 is 38.7. The van der Waals surface area contributed by atoms with Crippen molar-refractivity contribution in [2.75, 3.05) is 25.0 Å². The number of nitrogens with one attached hydrogen (secondary N) is 1. The van der Waals surface area contributed by atoms with Crippen LogP contribution in [0.15, 0.2) is 53.4 Å². The average Bonchev–Trinajstić information content (AvgIpc) is 3.26. The Balaban J connectivity index is 1.80. The number of carbonyl (C=O) groups is 1. The highest BCUT2D eigenvalue weighted by Gasteiger charge is 2.30. The molecule has 1 aliphatic heterocycles. The van der Waals surface area contributed by atoms with E-state index in [1.165, 1.54) is 10.4 Å². The molecule has 0 aromatic heterocycles. The molecule has 1 unspecified atom stereocenters. The van der Waals surface area contributed by atoms with Crippen LogP contribution >= 0.6 is 0 Å². The number of rotatable bonds is 8. The van der Waals surface area contributed by atoms with Crippen LogP contribution in [-0.4, -0.2) is 44.4 Å². The number of amides is 1. The first-order chi connectivity index (χ1) is 13.9. The van der Waals surface area contributed by atoms with Crippen molar-refractivity contribution >= 4 is 21.6 Å². The zero-order chi connectivity index (χ0) is 20.9. The molecule has 2 aromatic carbocycles. The highest BCUT2D eigenvalue weighted by Crippen LogP contribution is 2.31. The Bertz CT molecular complexity index is 941. The number of sulfonamides is 1. The summed E-state index contributed by atoms with van der Waals surface area (Å²) in [4.78, 5) is 12.6. The molecule has 8 heteroatoms. The van der Waals surface area contributed by atoms with Crippen molar-refractivity contribution in [3.05, 3.63) is 48.5 Å². The molecule has 0 radical (unpaired) electrons. The van der Waals surface area contributed by atoms with Gasteiger partial charge in [-0.25, -0.2) is 8.42 Å². The van der Waals surface area contributed by atoms with E-state index in [1.54, 1.807) is 38.1 Å². The quantitative estimate of drug-likeness (QED) is 0.711. The van der Waals surface area contributed by atoms with Crippen molar-refractivity contribution in [3.63, 3.8) is 0 Å². The van der Waals surface area contributed by atoms with Gasteiger partial charge in [0.1, 0.15) is 16.4 Å². The molecule has 1 aliphatic rings. The summed E-state index contributed by atoms with van der Waals surface area (Å²) in [5, 5.41) is 2.73. The fourth-order valence-corrected chi connectivity index (χ4v) is 4.80. The van der Waals surface area contributed by atoms with Gasteiger partial charge >= 0.3 is 0 Å². The highest BCUT2D eigenvalue weighted by atomic mass is 32.2. The molecule has 1 fully saturated rings. The van der Waals surface area contributed by atoms with Gasteiger partial charge in [-0.3, -0.25) is 4.79 Å². The summed E-state index contributed by atoms with van der Waals surface area (Å²) in [5.74, 6) is 0.493. The largest absolute Gasteiger partial charge is 0.492 e. The number of nitrogens with zero attached hydrogens (tertiary/aromatic N) is 1. The standard InChI is InChI=1S/C21H26N2O5S/c1-3-27-19-12-11-17(15-20(19)29(25,26)23-13-7-8-14-23)22-21(24)16(2)28-18-9-5-4-6-10-18/h4-6,9-12,15-16H,3,7-8,13-14H2,1-2H3,(H,22,24). The summed E-state index contributed by atoms with van der Waals surface area (Å²) in [6.07, 6.45) is 0.935. The van der Waals surface area contributed by atoms with Crippen LogP contribution in [0.2, 0.25) is 0 Å². The van der Waals surface area contributed by atoms with Gasteiger partial charge in [0.25, 0.3) is 5.91 Å². The molecule has 1 N–H and O–H groups in total. The van der Waals surface area contributed by atoms with Gasteiger partial charge in [-0.15, -0.1) is 0 Å². The first kappa shape index (κ1) is 21.1. The van der Waals surface area contributed by atoms with E-state index in [0.29, 0.717) is 31.1 Å². The van der Waals surface area contributed by atoms with Gasteiger partial charge in [-0.05, 0) is 57.0 Å². The molecular weight excluding hydrogens is 392 g/mol. The Morgan fingerprint density at radius 3 is 2.48 bits per heavy atom. The van der Waals surface area contributed by atoms with Gasteiger partial charge in [-0.1, -0.05) is 18.2 Å². The van der Waals surface area contributed by atoms with Crippen LogP contribution in [0.5, 0.6) is 11.5 Å². The summed E-state index contributed by atoms with van der Waals surface area (Å²) in [6, 6.07) is 13.7. The maximum atomic E-state index is 13.1. The zero-order valence-electron chi connectivity index (χ0n) is 16.6. The third kappa shape index (κ3) is 5.07. The van der Waals surface area contributed by atoms with Gasteiger partial charge in [0, 0.05) is 18.8 Å². The minimum absolute atomic E-state index is 0.0654. The second kappa shape index (κ2) is 9.28. The van der Waals surface area contributed by atoms with Crippen molar-refractivity contribution in [1.82, 2.24) is 4.31 Å². The molecule has 0 aliphatic carbocycles. The van der Waals surface area contributed by atoms with E-state index in [4.69, 9.17) is 9.47 Å². The number of anilines is 1. The number of para-hydroxylation sites is 1. The SMILES string of the molecule is CCOc1ccc(NC(=O)C(C)Oc2ccccc2)cc1S(=O)(=O)N1CCCC1. The van der Waals surface area contributed by atoms with Gasteiger partial charge in [0.15, 0.2) is 6.10 Å². The molecule has 3 rings (SSSR count). The monoisotopic (exact) mass is 418 g/mol. The van der Waals surface area contributed by atoms with E-state index < -0.39 is 16.1 Å². The number of hydrogen-bond acceptors (Lipinski definition) is 5. The van der Waals surface area contributed by atoms with Gasteiger partial charge in [-0.2, -0.15) is 4.31 Å². The van der Waals surface area contributed by atoms with Crippen LogP contribution in [0, 0.1) is 0 Å². The maximum Gasteiger partial charge on any atom is 0.265 e. The topological polar surface area (TPSA) is 84.9 Å². The Kier molecular flexibility index (Phi) is 6.76. The Labute approximate surface area is 171 Å². The van der Waals surface area contributed by atoms with E-state index >= 15 is 0 Å². The lowest BCUT2D eigenvalue weighted by Crippen LogP contribution is -2.31. The molecule has 1 amide bonds. The average molecular weight is 419 g/mol. The molecule has 1 heterocycles. The predicted molar refractivity (Wildman–Crippen MR) is 111 cm³/mol. The number of carbonyl (C=O) groups excluding carboxylic acids is 1. The minimum atomic E-state index is -3.69. The maximum absolute atomic E-state index is 13.1. The molecule has 7 nitrogen and oxygen atoms in total. The number of ether oxygens (including phenoxy) is 2. The fraction of sp³-hybridized carbons (Fsp3) is 0.381. The van der Waals surface area contributed by atoms with E-state index in [9.17, 15) is 13.2 Å². The molecule has 2 aromatic rings. The van der Waals surface area contributed by atoms with Crippen molar-refractivity contribution < 1.29 is 22.7 Å². The van der Waals surface area contributed by atoms with Crippen LogP contribution in [0.25, 0.3) is 0 Å². The van der Waals surface area contributed by atoms with Crippen molar-refractivity contribution in [2.24, 2.45) is 0 Å². The first-order valence-electron chi connectivity index (χ1n) is 9.71. The molecule has 0 bridgehead atoms. The molecule has 0 saturated carbocycles. The second-order valence-electron chi connectivity index (χ2n) is 6.77. The Hall–Kier alpha value is -2.58. The van der Waals surface area contributed by atoms with Crippen LogP contribution in [0.1, 0.15) is 26.7 Å². The summed E-state index contributed by atoms with van der Waals surface area (Å²) >= 11 is 0. The van der Waals surface area contributed by atoms with E-state index in [-0.39, 0.29) is 16.6 Å². The smallest absolute Gasteiger partial charge is 0.265 e. The van der Waals surface area contributed by atoms with Crippen LogP contribution in [0.4, 0.5) is 5.69 Å². The molecular formula is C21H26N2O5S. The number of benzene rings is 2. The van der Waals surface area contributed by atoms with E-state index in [2.05, 4.69) is 5.32 Å². The number of hydrogen-bond donors (Lipinski definition) is 1. The predicted octanol–water partition coefficient (Wildman–Crippen LogP) is 3.28. The highest BCUT2D eigenvalue weighted by molar-refractivity contribution is 7.89. The minimum Gasteiger partial charge on any atom is -0.492 e. The fourth-order valence-electron chi connectivity index (χ4n) is 3.13. The first-order valence-corrected chi connectivity index (χ1v) is 11.2. The van der Waals surface area contributed by atoms with Gasteiger partial charge < -0.3 is 14.8 Å².